The third kappa shape index (κ3) is 3.36. The molecule has 0 unspecified atom stereocenters. The molecule has 0 radical (unpaired) electrons. The van der Waals surface area contributed by atoms with Gasteiger partial charge >= 0.3 is 0 Å². The molecule has 0 saturated carbocycles. The van der Waals surface area contributed by atoms with Crippen molar-refractivity contribution in [1.29, 1.82) is 0 Å². The van der Waals surface area contributed by atoms with E-state index in [1.165, 1.54) is 16.2 Å². The van der Waals surface area contributed by atoms with Gasteiger partial charge in [-0.1, -0.05) is 0 Å². The summed E-state index contributed by atoms with van der Waals surface area (Å²) in [6.07, 6.45) is 0. The minimum atomic E-state index is -0.0495. The zero-order valence-electron chi connectivity index (χ0n) is 11.4. The molecule has 1 amide bonds. The van der Waals surface area contributed by atoms with E-state index in [2.05, 4.69) is 11.8 Å². The van der Waals surface area contributed by atoms with Crippen LogP contribution in [0.3, 0.4) is 0 Å². The number of hydrogen-bond acceptors (Lipinski definition) is 5. The number of rotatable bonds is 6. The highest BCUT2D eigenvalue weighted by Crippen LogP contribution is 2.32. The van der Waals surface area contributed by atoms with Crippen LogP contribution in [0.4, 0.5) is 10.7 Å². The molecule has 0 atom stereocenters. The van der Waals surface area contributed by atoms with Crippen molar-refractivity contribution >= 4 is 27.9 Å². The Labute approximate surface area is 112 Å². The van der Waals surface area contributed by atoms with Gasteiger partial charge in [0.05, 0.1) is 17.3 Å². The van der Waals surface area contributed by atoms with Crippen molar-refractivity contribution < 1.29 is 9.53 Å². The average molecular weight is 271 g/mol. The number of anilines is 2. The minimum absolute atomic E-state index is 0.0495. The zero-order chi connectivity index (χ0) is 13.7. The SMILES string of the molecule is CCN(CCOC)c1cc(N)c(C(=O)N(C)C)s1. The molecule has 5 nitrogen and oxygen atoms in total. The van der Waals surface area contributed by atoms with Crippen LogP contribution in [-0.2, 0) is 4.74 Å². The summed E-state index contributed by atoms with van der Waals surface area (Å²) in [6, 6.07) is 1.86. The standard InChI is InChI=1S/C12H21N3O2S/c1-5-15(6-7-17-4)10-8-9(13)11(18-10)12(16)14(2)3/h8H,5-7,13H2,1-4H3. The fraction of sp³-hybridized carbons (Fsp3) is 0.583. The lowest BCUT2D eigenvalue weighted by molar-refractivity contribution is 0.0833. The molecule has 1 aromatic rings. The minimum Gasteiger partial charge on any atom is -0.397 e. The van der Waals surface area contributed by atoms with Crippen LogP contribution in [-0.4, -0.2) is 51.7 Å². The molecule has 1 aromatic heterocycles. The fourth-order valence-corrected chi connectivity index (χ4v) is 2.73. The number of nitrogens with zero attached hydrogens (tertiary/aromatic N) is 2. The summed E-state index contributed by atoms with van der Waals surface area (Å²) < 4.78 is 5.07. The van der Waals surface area contributed by atoms with Crippen molar-refractivity contribution in [3.05, 3.63) is 10.9 Å². The predicted octanol–water partition coefficient (Wildman–Crippen LogP) is 1.50. The molecule has 0 bridgehead atoms. The Kier molecular flexibility index (Phi) is 5.43. The van der Waals surface area contributed by atoms with Crippen molar-refractivity contribution in [2.24, 2.45) is 0 Å². The molecule has 18 heavy (non-hydrogen) atoms. The molecule has 102 valence electrons. The number of hydrogen-bond donors (Lipinski definition) is 1. The second-order valence-electron chi connectivity index (χ2n) is 4.14. The summed E-state index contributed by atoms with van der Waals surface area (Å²) >= 11 is 1.43. The summed E-state index contributed by atoms with van der Waals surface area (Å²) in [4.78, 5) is 16.2. The van der Waals surface area contributed by atoms with Gasteiger partial charge in [-0.2, -0.15) is 0 Å². The number of nitrogens with two attached hydrogens (primary N) is 1. The Morgan fingerprint density at radius 3 is 2.67 bits per heavy atom. The number of amides is 1. The molecule has 1 rings (SSSR count). The summed E-state index contributed by atoms with van der Waals surface area (Å²) in [6.45, 7) is 4.38. The molecule has 6 heteroatoms. The summed E-state index contributed by atoms with van der Waals surface area (Å²) in [5.74, 6) is -0.0495. The van der Waals surface area contributed by atoms with Gasteiger partial charge in [0, 0.05) is 34.3 Å². The van der Waals surface area contributed by atoms with Crippen LogP contribution in [0.5, 0.6) is 0 Å². The van der Waals surface area contributed by atoms with E-state index in [-0.39, 0.29) is 5.91 Å². The Hall–Kier alpha value is -1.27. The molecule has 0 aromatic carbocycles. The highest BCUT2D eigenvalue weighted by Gasteiger charge is 2.18. The topological polar surface area (TPSA) is 58.8 Å². The molecule has 1 heterocycles. The van der Waals surface area contributed by atoms with E-state index in [4.69, 9.17) is 10.5 Å². The monoisotopic (exact) mass is 271 g/mol. The Morgan fingerprint density at radius 1 is 1.50 bits per heavy atom. The quantitative estimate of drug-likeness (QED) is 0.852. The van der Waals surface area contributed by atoms with E-state index in [0.717, 1.165) is 18.1 Å². The number of nitrogen functional groups attached to an aromatic ring is 1. The summed E-state index contributed by atoms with van der Waals surface area (Å²) in [7, 11) is 5.13. The molecule has 0 aliphatic rings. The maximum atomic E-state index is 11.9. The van der Waals surface area contributed by atoms with Crippen LogP contribution in [0.2, 0.25) is 0 Å². The van der Waals surface area contributed by atoms with Gasteiger partial charge in [0.1, 0.15) is 4.88 Å². The lowest BCUT2D eigenvalue weighted by atomic mass is 10.3. The molecule has 0 spiro atoms. The summed E-state index contributed by atoms with van der Waals surface area (Å²) in [5, 5.41) is 1.01. The van der Waals surface area contributed by atoms with Crippen molar-refractivity contribution in [1.82, 2.24) is 4.90 Å². The lowest BCUT2D eigenvalue weighted by Crippen LogP contribution is -2.25. The van der Waals surface area contributed by atoms with Crippen LogP contribution < -0.4 is 10.6 Å². The number of carbonyl (C=O) groups excluding carboxylic acids is 1. The highest BCUT2D eigenvalue weighted by molar-refractivity contribution is 7.18. The van der Waals surface area contributed by atoms with Gasteiger partial charge in [-0.3, -0.25) is 4.79 Å². The second-order valence-corrected chi connectivity index (χ2v) is 5.17. The van der Waals surface area contributed by atoms with Crippen LogP contribution in [0, 0.1) is 0 Å². The summed E-state index contributed by atoms with van der Waals surface area (Å²) in [5.41, 5.74) is 6.45. The first-order valence-electron chi connectivity index (χ1n) is 5.86. The number of likely N-dealkylation sites (N-methyl/N-ethyl adjacent to an activating group) is 1. The van der Waals surface area contributed by atoms with Crippen molar-refractivity contribution in [3.8, 4) is 0 Å². The maximum Gasteiger partial charge on any atom is 0.265 e. The van der Waals surface area contributed by atoms with E-state index >= 15 is 0 Å². The van der Waals surface area contributed by atoms with Crippen molar-refractivity contribution in [2.45, 2.75) is 6.92 Å². The van der Waals surface area contributed by atoms with E-state index < -0.39 is 0 Å². The van der Waals surface area contributed by atoms with E-state index in [9.17, 15) is 4.79 Å². The highest BCUT2D eigenvalue weighted by atomic mass is 32.1. The predicted molar refractivity (Wildman–Crippen MR) is 76.5 cm³/mol. The molecule has 0 aliphatic carbocycles. The first-order chi connectivity index (χ1) is 8.51. The third-order valence-electron chi connectivity index (χ3n) is 2.61. The van der Waals surface area contributed by atoms with Gasteiger partial charge in [0.15, 0.2) is 0 Å². The lowest BCUT2D eigenvalue weighted by Gasteiger charge is -2.20. The molecule has 0 aliphatic heterocycles. The van der Waals surface area contributed by atoms with Gasteiger partial charge in [-0.05, 0) is 13.0 Å². The third-order valence-corrected chi connectivity index (χ3v) is 3.81. The largest absolute Gasteiger partial charge is 0.397 e. The molecule has 0 saturated heterocycles. The number of carbonyl (C=O) groups is 1. The fourth-order valence-electron chi connectivity index (χ4n) is 1.54. The number of thiophene rings is 1. The maximum absolute atomic E-state index is 11.9. The van der Waals surface area contributed by atoms with E-state index in [1.54, 1.807) is 21.2 Å². The smallest absolute Gasteiger partial charge is 0.265 e. The van der Waals surface area contributed by atoms with Crippen molar-refractivity contribution in [2.75, 3.05) is 51.5 Å². The first-order valence-corrected chi connectivity index (χ1v) is 6.67. The second kappa shape index (κ2) is 6.61. The van der Waals surface area contributed by atoms with Gasteiger partial charge in [0.25, 0.3) is 5.91 Å². The number of methoxy groups -OCH3 is 1. The van der Waals surface area contributed by atoms with E-state index in [0.29, 0.717) is 17.2 Å². The Bertz CT molecular complexity index is 404. The van der Waals surface area contributed by atoms with Crippen LogP contribution in [0.25, 0.3) is 0 Å². The molecule has 2 N–H and O–H groups in total. The molecular weight excluding hydrogens is 250 g/mol. The van der Waals surface area contributed by atoms with Crippen LogP contribution >= 0.6 is 11.3 Å². The zero-order valence-corrected chi connectivity index (χ0v) is 12.2. The Morgan fingerprint density at radius 2 is 2.17 bits per heavy atom. The normalized spacial score (nSPS) is 10.4. The van der Waals surface area contributed by atoms with Crippen LogP contribution in [0.15, 0.2) is 6.07 Å². The molecular formula is C12H21N3O2S. The number of ether oxygens (including phenoxy) is 1. The molecule has 0 fully saturated rings. The van der Waals surface area contributed by atoms with Crippen molar-refractivity contribution in [3.63, 3.8) is 0 Å². The van der Waals surface area contributed by atoms with Gasteiger partial charge in [-0.25, -0.2) is 0 Å². The van der Waals surface area contributed by atoms with Gasteiger partial charge in [-0.15, -0.1) is 11.3 Å². The Balaban J connectivity index is 2.91. The average Bonchev–Trinajstić information content (AvgIpc) is 2.71. The van der Waals surface area contributed by atoms with E-state index in [1.807, 2.05) is 6.07 Å². The van der Waals surface area contributed by atoms with Gasteiger partial charge in [0.2, 0.25) is 0 Å². The van der Waals surface area contributed by atoms with Crippen LogP contribution in [0.1, 0.15) is 16.6 Å². The van der Waals surface area contributed by atoms with Gasteiger partial charge < -0.3 is 20.3 Å². The first kappa shape index (κ1) is 14.8.